The molecular weight excluding hydrogens is 202 g/mol. The Labute approximate surface area is 86.3 Å². The van der Waals surface area contributed by atoms with Crippen LogP contribution in [0.4, 0.5) is 5.95 Å². The van der Waals surface area contributed by atoms with Crippen LogP contribution in [0.5, 0.6) is 0 Å². The van der Waals surface area contributed by atoms with Crippen molar-refractivity contribution in [3.05, 3.63) is 15.9 Å². The Morgan fingerprint density at radius 2 is 2.36 bits per heavy atom. The molecule has 0 aliphatic carbocycles. The van der Waals surface area contributed by atoms with E-state index in [1.54, 1.807) is 13.8 Å². The predicted octanol–water partition coefficient (Wildman–Crippen LogP) is 1.21. The van der Waals surface area contributed by atoms with E-state index in [0.29, 0.717) is 12.3 Å². The van der Waals surface area contributed by atoms with E-state index in [4.69, 9.17) is 22.7 Å². The van der Waals surface area contributed by atoms with Crippen molar-refractivity contribution in [3.63, 3.8) is 0 Å². The molecule has 6 heteroatoms. The number of aryl methyl sites for hydroxylation is 1. The Kier molecular flexibility index (Phi) is 3.19. The van der Waals surface area contributed by atoms with E-state index in [1.807, 2.05) is 0 Å². The minimum atomic E-state index is -0.473. The lowest BCUT2D eigenvalue weighted by Gasteiger charge is -2.05. The van der Waals surface area contributed by atoms with E-state index in [0.717, 1.165) is 0 Å². The number of carbonyl (C=O) groups is 1. The third-order valence-electron chi connectivity index (χ3n) is 1.61. The maximum atomic E-state index is 11.4. The molecule has 0 amide bonds. The summed E-state index contributed by atoms with van der Waals surface area (Å²) in [6.07, 6.45) is 0. The average molecular weight is 213 g/mol. The number of esters is 1. The van der Waals surface area contributed by atoms with Gasteiger partial charge in [-0.15, -0.1) is 0 Å². The molecule has 1 rings (SSSR count). The Bertz CT molecular complexity index is 414. The fourth-order valence-electron chi connectivity index (χ4n) is 1.05. The van der Waals surface area contributed by atoms with Gasteiger partial charge in [0.05, 0.1) is 6.61 Å². The SMILES string of the molecule is CCOC(=O)c1c(C)[nH]c(N)nc1=S. The predicted molar refractivity (Wildman–Crippen MR) is 54.5 cm³/mol. The van der Waals surface area contributed by atoms with Crippen LogP contribution in [0.1, 0.15) is 23.0 Å². The van der Waals surface area contributed by atoms with Gasteiger partial charge in [0.2, 0.25) is 0 Å². The summed E-state index contributed by atoms with van der Waals surface area (Å²) >= 11 is 4.91. The van der Waals surface area contributed by atoms with Crippen LogP contribution in [-0.4, -0.2) is 22.5 Å². The van der Waals surface area contributed by atoms with E-state index < -0.39 is 5.97 Å². The molecule has 5 nitrogen and oxygen atoms in total. The highest BCUT2D eigenvalue weighted by Crippen LogP contribution is 2.09. The molecule has 0 radical (unpaired) electrons. The molecular formula is C8H11N3O2S. The van der Waals surface area contributed by atoms with Crippen molar-refractivity contribution in [1.82, 2.24) is 9.97 Å². The minimum absolute atomic E-state index is 0.164. The van der Waals surface area contributed by atoms with Crippen LogP contribution in [0.3, 0.4) is 0 Å². The molecule has 76 valence electrons. The maximum absolute atomic E-state index is 11.4. The summed E-state index contributed by atoms with van der Waals surface area (Å²) in [6.45, 7) is 3.72. The second-order valence-electron chi connectivity index (χ2n) is 2.65. The summed E-state index contributed by atoms with van der Waals surface area (Å²) in [7, 11) is 0. The van der Waals surface area contributed by atoms with Crippen LogP contribution in [0.25, 0.3) is 0 Å². The molecule has 14 heavy (non-hydrogen) atoms. The lowest BCUT2D eigenvalue weighted by Crippen LogP contribution is -2.11. The van der Waals surface area contributed by atoms with Crippen molar-refractivity contribution in [1.29, 1.82) is 0 Å². The Hall–Kier alpha value is -1.43. The molecule has 0 atom stereocenters. The van der Waals surface area contributed by atoms with Crippen LogP contribution >= 0.6 is 12.2 Å². The number of nitrogens with two attached hydrogens (primary N) is 1. The fourth-order valence-corrected chi connectivity index (χ4v) is 1.39. The number of anilines is 1. The number of nitrogens with one attached hydrogen (secondary N) is 1. The molecule has 1 aromatic rings. The lowest BCUT2D eigenvalue weighted by molar-refractivity contribution is 0.0524. The van der Waals surface area contributed by atoms with E-state index in [2.05, 4.69) is 9.97 Å². The highest BCUT2D eigenvalue weighted by Gasteiger charge is 2.13. The smallest absolute Gasteiger partial charge is 0.343 e. The Morgan fingerprint density at radius 1 is 1.71 bits per heavy atom. The first-order valence-corrected chi connectivity index (χ1v) is 4.50. The maximum Gasteiger partial charge on any atom is 0.343 e. The molecule has 0 aromatic carbocycles. The summed E-state index contributed by atoms with van der Waals surface area (Å²) in [5, 5.41) is 0. The highest BCUT2D eigenvalue weighted by atomic mass is 32.1. The molecule has 3 N–H and O–H groups in total. The molecule has 0 bridgehead atoms. The molecule has 0 spiro atoms. The largest absolute Gasteiger partial charge is 0.462 e. The van der Waals surface area contributed by atoms with Crippen molar-refractivity contribution in [3.8, 4) is 0 Å². The molecule has 0 saturated carbocycles. The van der Waals surface area contributed by atoms with Gasteiger partial charge in [0.25, 0.3) is 0 Å². The number of nitrogen functional groups attached to an aromatic ring is 1. The normalized spacial score (nSPS) is 9.86. The number of aromatic nitrogens is 2. The van der Waals surface area contributed by atoms with Crippen molar-refractivity contribution in [2.75, 3.05) is 12.3 Å². The molecule has 1 aromatic heterocycles. The van der Waals surface area contributed by atoms with Crippen LogP contribution in [-0.2, 0) is 4.74 Å². The second kappa shape index (κ2) is 4.19. The average Bonchev–Trinajstić information content (AvgIpc) is 2.01. The molecule has 0 unspecified atom stereocenters. The summed E-state index contributed by atoms with van der Waals surface area (Å²) in [4.78, 5) is 17.9. The van der Waals surface area contributed by atoms with Gasteiger partial charge >= 0.3 is 5.97 Å². The van der Waals surface area contributed by atoms with Gasteiger partial charge in [-0.25, -0.2) is 9.78 Å². The summed E-state index contributed by atoms with van der Waals surface area (Å²) in [5.74, 6) is -0.278. The van der Waals surface area contributed by atoms with Gasteiger partial charge in [0.15, 0.2) is 5.95 Å². The highest BCUT2D eigenvalue weighted by molar-refractivity contribution is 7.71. The van der Waals surface area contributed by atoms with Crippen LogP contribution in [0.2, 0.25) is 0 Å². The Morgan fingerprint density at radius 3 is 2.86 bits per heavy atom. The zero-order valence-corrected chi connectivity index (χ0v) is 8.77. The van der Waals surface area contributed by atoms with Gasteiger partial charge in [-0.2, -0.15) is 0 Å². The monoisotopic (exact) mass is 213 g/mol. The van der Waals surface area contributed by atoms with Crippen molar-refractivity contribution in [2.24, 2.45) is 0 Å². The number of nitrogens with zero attached hydrogens (tertiary/aromatic N) is 1. The van der Waals surface area contributed by atoms with Crippen LogP contribution in [0, 0.1) is 11.6 Å². The quantitative estimate of drug-likeness (QED) is 0.570. The van der Waals surface area contributed by atoms with Gasteiger partial charge in [-0.1, -0.05) is 12.2 Å². The third kappa shape index (κ3) is 2.08. The molecule has 0 saturated heterocycles. The zero-order chi connectivity index (χ0) is 10.7. The first-order valence-electron chi connectivity index (χ1n) is 4.09. The number of hydrogen-bond acceptors (Lipinski definition) is 5. The third-order valence-corrected chi connectivity index (χ3v) is 1.90. The van der Waals surface area contributed by atoms with E-state index in [1.165, 1.54) is 0 Å². The van der Waals surface area contributed by atoms with Crippen LogP contribution in [0.15, 0.2) is 0 Å². The number of aromatic amines is 1. The standard InChI is InChI=1S/C8H11N3O2S/c1-3-13-7(12)5-4(2)10-8(9)11-6(5)14/h3H2,1-2H3,(H3,9,10,11,14). The topological polar surface area (TPSA) is 81.0 Å². The van der Waals surface area contributed by atoms with Gasteiger partial charge < -0.3 is 15.5 Å². The van der Waals surface area contributed by atoms with Gasteiger partial charge in [-0.3, -0.25) is 0 Å². The number of carbonyl (C=O) groups excluding carboxylic acids is 1. The summed E-state index contributed by atoms with van der Waals surface area (Å²) in [6, 6.07) is 0. The van der Waals surface area contributed by atoms with E-state index >= 15 is 0 Å². The first kappa shape index (κ1) is 10.6. The molecule has 0 fully saturated rings. The van der Waals surface area contributed by atoms with Gasteiger partial charge in [-0.05, 0) is 13.8 Å². The zero-order valence-electron chi connectivity index (χ0n) is 7.96. The van der Waals surface area contributed by atoms with E-state index in [-0.39, 0.29) is 16.2 Å². The first-order chi connectivity index (χ1) is 6.56. The molecule has 0 aliphatic heterocycles. The summed E-state index contributed by atoms with van der Waals surface area (Å²) in [5.41, 5.74) is 6.26. The van der Waals surface area contributed by atoms with Crippen molar-refractivity contribution >= 4 is 24.1 Å². The summed E-state index contributed by atoms with van der Waals surface area (Å²) < 4.78 is 4.99. The second-order valence-corrected chi connectivity index (χ2v) is 3.03. The Balaban J connectivity index is 3.21. The minimum Gasteiger partial charge on any atom is -0.462 e. The number of ether oxygens (including phenoxy) is 1. The van der Waals surface area contributed by atoms with Gasteiger partial charge in [0, 0.05) is 5.69 Å². The lowest BCUT2D eigenvalue weighted by atomic mass is 10.2. The van der Waals surface area contributed by atoms with Crippen LogP contribution < -0.4 is 5.73 Å². The molecule has 0 aliphatic rings. The molecule has 1 heterocycles. The van der Waals surface area contributed by atoms with Gasteiger partial charge in [0.1, 0.15) is 10.2 Å². The van der Waals surface area contributed by atoms with Crippen molar-refractivity contribution in [2.45, 2.75) is 13.8 Å². The van der Waals surface area contributed by atoms with E-state index in [9.17, 15) is 4.79 Å². The number of hydrogen-bond donors (Lipinski definition) is 2. The number of rotatable bonds is 2. The fraction of sp³-hybridized carbons (Fsp3) is 0.375. The van der Waals surface area contributed by atoms with Crippen molar-refractivity contribution < 1.29 is 9.53 Å². The number of H-pyrrole nitrogens is 1.